The molecule has 232 valence electrons. The van der Waals surface area contributed by atoms with Crippen LogP contribution in [0.25, 0.3) is 0 Å². The zero-order valence-electron chi connectivity index (χ0n) is 24.1. The Hall–Kier alpha value is -4.52. The van der Waals surface area contributed by atoms with Gasteiger partial charge in [-0.2, -0.15) is 13.2 Å². The summed E-state index contributed by atoms with van der Waals surface area (Å²) in [5, 5.41) is 2.04. The molecule has 1 aliphatic heterocycles. The Morgan fingerprint density at radius 1 is 1.00 bits per heavy atom. The smallest absolute Gasteiger partial charge is 0.416 e. The van der Waals surface area contributed by atoms with E-state index in [4.69, 9.17) is 14.2 Å². The minimum Gasteiger partial charge on any atom is -0.493 e. The van der Waals surface area contributed by atoms with E-state index in [2.05, 4.69) is 10.3 Å². The number of hydrogen-bond acceptors (Lipinski definition) is 8. The molecule has 0 spiro atoms. The topological polar surface area (TPSA) is 107 Å². The predicted molar refractivity (Wildman–Crippen MR) is 161 cm³/mol. The molecule has 4 rings (SSSR count). The first-order chi connectivity index (χ1) is 21.0. The van der Waals surface area contributed by atoms with Gasteiger partial charge >= 0.3 is 12.1 Å². The van der Waals surface area contributed by atoms with Gasteiger partial charge in [0.05, 0.1) is 37.6 Å². The Morgan fingerprint density at radius 3 is 2.39 bits per heavy atom. The molecular weight excluding hydrogens is 599 g/mol. The number of rotatable bonds is 11. The van der Waals surface area contributed by atoms with Crippen LogP contribution in [0.5, 0.6) is 11.5 Å². The summed E-state index contributed by atoms with van der Waals surface area (Å²) in [6.45, 7) is 2.09. The van der Waals surface area contributed by atoms with E-state index in [0.29, 0.717) is 29.2 Å². The van der Waals surface area contributed by atoms with Gasteiger partial charge < -0.3 is 19.5 Å². The van der Waals surface area contributed by atoms with Crippen molar-refractivity contribution in [1.29, 1.82) is 0 Å². The Kier molecular flexibility index (Phi) is 10.5. The average Bonchev–Trinajstić information content (AvgIpc) is 3.28. The molecular formula is C31H30F3N3O6S. The van der Waals surface area contributed by atoms with Crippen molar-refractivity contribution in [2.45, 2.75) is 31.2 Å². The largest absolute Gasteiger partial charge is 0.493 e. The van der Waals surface area contributed by atoms with Crippen molar-refractivity contribution in [3.05, 3.63) is 83.4 Å². The van der Waals surface area contributed by atoms with Gasteiger partial charge in [-0.1, -0.05) is 23.9 Å². The summed E-state index contributed by atoms with van der Waals surface area (Å²) in [5.41, 5.74) is 0.730. The number of carbonyl (C=O) groups excluding carboxylic acids is 3. The van der Waals surface area contributed by atoms with E-state index in [1.807, 2.05) is 6.07 Å². The van der Waals surface area contributed by atoms with Crippen molar-refractivity contribution in [3.8, 4) is 11.5 Å². The molecule has 9 nitrogen and oxygen atoms in total. The number of esters is 1. The molecule has 1 heterocycles. The molecule has 3 aromatic carbocycles. The number of ether oxygens (including phenoxy) is 3. The first-order valence-electron chi connectivity index (χ1n) is 13.5. The maximum atomic E-state index is 13.5. The lowest BCUT2D eigenvalue weighted by atomic mass is 10.1. The minimum absolute atomic E-state index is 0.0260. The van der Waals surface area contributed by atoms with Crippen LogP contribution in [0, 0.1) is 0 Å². The predicted octanol–water partition coefficient (Wildman–Crippen LogP) is 6.10. The fourth-order valence-electron chi connectivity index (χ4n) is 4.35. The van der Waals surface area contributed by atoms with Gasteiger partial charge in [0.1, 0.15) is 5.25 Å². The normalized spacial score (nSPS) is 15.8. The summed E-state index contributed by atoms with van der Waals surface area (Å²) in [6.07, 6.45) is -4.39. The van der Waals surface area contributed by atoms with Crippen LogP contribution >= 0.6 is 11.8 Å². The number of benzene rings is 3. The average molecular weight is 630 g/mol. The van der Waals surface area contributed by atoms with Crippen molar-refractivity contribution in [3.63, 3.8) is 0 Å². The molecule has 1 aliphatic rings. The van der Waals surface area contributed by atoms with Gasteiger partial charge in [0.2, 0.25) is 11.8 Å². The molecule has 0 radical (unpaired) electrons. The second-order valence-electron chi connectivity index (χ2n) is 9.53. The number of alkyl halides is 3. The molecule has 1 unspecified atom stereocenters. The van der Waals surface area contributed by atoms with Gasteiger partial charge in [-0.25, -0.2) is 9.79 Å². The van der Waals surface area contributed by atoms with Crippen molar-refractivity contribution in [2.24, 2.45) is 4.99 Å². The van der Waals surface area contributed by atoms with Crippen LogP contribution in [0.15, 0.2) is 71.7 Å². The number of hydrogen-bond donors (Lipinski definition) is 1. The SMILES string of the molecule is CCOC(=O)c1ccc(NC(=O)CC2SC(=Nc3cccc(C(F)(F)F)c3)N(CCc3ccc(OC)c(OC)c3)C2=O)cc1. The minimum atomic E-state index is -4.56. The van der Waals surface area contributed by atoms with E-state index in [1.165, 1.54) is 43.4 Å². The molecule has 1 N–H and O–H groups in total. The Balaban J connectivity index is 1.53. The molecule has 13 heteroatoms. The summed E-state index contributed by atoms with van der Waals surface area (Å²) in [6, 6.07) is 16.0. The highest BCUT2D eigenvalue weighted by Gasteiger charge is 2.39. The highest BCUT2D eigenvalue weighted by Crippen LogP contribution is 2.35. The third-order valence-corrected chi connectivity index (χ3v) is 7.72. The Labute approximate surface area is 256 Å². The molecule has 1 fully saturated rings. The van der Waals surface area contributed by atoms with Gasteiger partial charge in [0.15, 0.2) is 16.7 Å². The van der Waals surface area contributed by atoms with E-state index in [1.54, 1.807) is 31.2 Å². The third kappa shape index (κ3) is 8.10. The zero-order valence-corrected chi connectivity index (χ0v) is 25.0. The van der Waals surface area contributed by atoms with Crippen LogP contribution in [0.2, 0.25) is 0 Å². The Bertz CT molecular complexity index is 1550. The Morgan fingerprint density at radius 2 is 1.73 bits per heavy atom. The van der Waals surface area contributed by atoms with E-state index < -0.39 is 34.8 Å². The summed E-state index contributed by atoms with van der Waals surface area (Å²) in [4.78, 5) is 44.1. The number of methoxy groups -OCH3 is 2. The quantitative estimate of drug-likeness (QED) is 0.256. The van der Waals surface area contributed by atoms with Crippen LogP contribution < -0.4 is 14.8 Å². The fourth-order valence-corrected chi connectivity index (χ4v) is 5.54. The first-order valence-corrected chi connectivity index (χ1v) is 14.4. The summed E-state index contributed by atoms with van der Waals surface area (Å²) < 4.78 is 55.5. The molecule has 0 saturated carbocycles. The maximum absolute atomic E-state index is 13.5. The molecule has 3 aromatic rings. The molecule has 0 bridgehead atoms. The van der Waals surface area contributed by atoms with Crippen molar-refractivity contribution in [1.82, 2.24) is 4.90 Å². The summed E-state index contributed by atoms with van der Waals surface area (Å²) >= 11 is 1.01. The standard InChI is InChI=1S/C31H30F3N3O6S/c1-4-43-29(40)20-9-11-22(12-10-20)35-27(38)18-26-28(39)37(15-14-19-8-13-24(41-2)25(16-19)42-3)30(44-26)36-23-7-5-6-21(17-23)31(32,33)34/h5-13,16-17,26H,4,14-15,18H2,1-3H3,(H,35,38). The molecule has 1 saturated heterocycles. The van der Waals surface area contributed by atoms with Crippen LogP contribution in [0.3, 0.4) is 0 Å². The zero-order chi connectivity index (χ0) is 31.9. The van der Waals surface area contributed by atoms with Gasteiger partial charge in [-0.05, 0) is 73.5 Å². The van der Waals surface area contributed by atoms with Crippen LogP contribution in [0.4, 0.5) is 24.5 Å². The van der Waals surface area contributed by atoms with E-state index in [9.17, 15) is 27.6 Å². The number of carbonyl (C=O) groups is 3. The lowest BCUT2D eigenvalue weighted by Gasteiger charge is -2.17. The molecule has 0 aliphatic carbocycles. The lowest BCUT2D eigenvalue weighted by molar-refractivity contribution is -0.137. The van der Waals surface area contributed by atoms with Crippen molar-refractivity contribution in [2.75, 3.05) is 32.7 Å². The number of aliphatic imine (C=N–C) groups is 1. The van der Waals surface area contributed by atoms with Gasteiger partial charge in [-0.15, -0.1) is 0 Å². The van der Waals surface area contributed by atoms with Gasteiger partial charge in [0.25, 0.3) is 0 Å². The number of anilines is 1. The number of amides is 2. The number of amidine groups is 1. The van der Waals surface area contributed by atoms with Crippen LogP contribution in [0.1, 0.15) is 34.8 Å². The molecule has 1 atom stereocenters. The molecule has 2 amide bonds. The van der Waals surface area contributed by atoms with Gasteiger partial charge in [-0.3, -0.25) is 14.5 Å². The van der Waals surface area contributed by atoms with Crippen LogP contribution in [-0.2, 0) is 26.9 Å². The fraction of sp³-hybridized carbons (Fsp3) is 0.290. The van der Waals surface area contributed by atoms with Gasteiger partial charge in [0, 0.05) is 18.7 Å². The van der Waals surface area contributed by atoms with E-state index >= 15 is 0 Å². The summed E-state index contributed by atoms with van der Waals surface area (Å²) in [7, 11) is 3.02. The molecule has 0 aromatic heterocycles. The maximum Gasteiger partial charge on any atom is 0.416 e. The van der Waals surface area contributed by atoms with Crippen LogP contribution in [-0.4, -0.2) is 60.5 Å². The van der Waals surface area contributed by atoms with E-state index in [-0.39, 0.29) is 30.4 Å². The highest BCUT2D eigenvalue weighted by atomic mass is 32.2. The molecule has 44 heavy (non-hydrogen) atoms. The number of nitrogens with one attached hydrogen (secondary N) is 1. The highest BCUT2D eigenvalue weighted by molar-refractivity contribution is 8.15. The number of nitrogens with zero attached hydrogens (tertiary/aromatic N) is 2. The van der Waals surface area contributed by atoms with Crippen molar-refractivity contribution >= 4 is 46.1 Å². The van der Waals surface area contributed by atoms with Crippen molar-refractivity contribution < 1.29 is 41.8 Å². The number of halogens is 3. The lowest BCUT2D eigenvalue weighted by Crippen LogP contribution is -2.35. The monoisotopic (exact) mass is 629 g/mol. The van der Waals surface area contributed by atoms with E-state index in [0.717, 1.165) is 29.5 Å². The summed E-state index contributed by atoms with van der Waals surface area (Å²) in [5.74, 6) is -0.291. The third-order valence-electron chi connectivity index (χ3n) is 6.54. The number of thioether (sulfide) groups is 1. The first kappa shape index (κ1) is 32.4. The second-order valence-corrected chi connectivity index (χ2v) is 10.7. The second kappa shape index (κ2) is 14.3.